The highest BCUT2D eigenvalue weighted by Crippen LogP contribution is 2.46. The Morgan fingerprint density at radius 2 is 0.836 bits per heavy atom. The van der Waals surface area contributed by atoms with Crippen LogP contribution in [0.2, 0.25) is 0 Å². The molecule has 0 bridgehead atoms. The first kappa shape index (κ1) is 44.4. The van der Waals surface area contributed by atoms with Crippen LogP contribution >= 0.6 is 17.2 Å². The van der Waals surface area contributed by atoms with Crippen LogP contribution in [0.15, 0.2) is 109 Å². The number of benzene rings is 4. The van der Waals surface area contributed by atoms with E-state index in [4.69, 9.17) is 37.0 Å². The molecule has 4 aromatic rings. The summed E-state index contributed by atoms with van der Waals surface area (Å²) in [6, 6.07) is 34.5. The second-order valence-corrected chi connectivity index (χ2v) is 14.8. The molecular formula is C43H58O10P2. The van der Waals surface area contributed by atoms with Crippen molar-refractivity contribution in [3.63, 3.8) is 0 Å². The van der Waals surface area contributed by atoms with Gasteiger partial charge in [0.25, 0.3) is 0 Å². The lowest BCUT2D eigenvalue weighted by atomic mass is 9.65. The van der Waals surface area contributed by atoms with Crippen molar-refractivity contribution in [2.45, 2.75) is 64.7 Å². The van der Waals surface area contributed by atoms with Gasteiger partial charge >= 0.3 is 17.2 Å². The lowest BCUT2D eigenvalue weighted by molar-refractivity contribution is 0.0263. The summed E-state index contributed by atoms with van der Waals surface area (Å²) in [6.45, 7) is 11.3. The van der Waals surface area contributed by atoms with E-state index in [0.29, 0.717) is 62.6 Å². The fourth-order valence-electron chi connectivity index (χ4n) is 6.04. The first-order chi connectivity index (χ1) is 26.9. The number of rotatable bonds is 29. The third kappa shape index (κ3) is 16.0. The first-order valence-corrected chi connectivity index (χ1v) is 21.5. The first-order valence-electron chi connectivity index (χ1n) is 19.2. The highest BCUT2D eigenvalue weighted by atomic mass is 31.2. The molecule has 0 saturated heterocycles. The lowest BCUT2D eigenvalue weighted by Crippen LogP contribution is -2.35. The Balaban J connectivity index is 1.58. The van der Waals surface area contributed by atoms with Gasteiger partial charge in [0.15, 0.2) is 0 Å². The molecule has 2 N–H and O–H groups in total. The van der Waals surface area contributed by atoms with E-state index < -0.39 is 22.6 Å². The Labute approximate surface area is 330 Å². The van der Waals surface area contributed by atoms with Crippen LogP contribution in [0.3, 0.4) is 0 Å². The average Bonchev–Trinajstić information content (AvgIpc) is 3.20. The molecule has 0 heterocycles. The third-order valence-corrected chi connectivity index (χ3v) is 10.6. The smallest absolute Gasteiger partial charge is 0.427 e. The molecule has 0 saturated carbocycles. The fourth-order valence-corrected chi connectivity index (χ4v) is 7.35. The maximum Gasteiger partial charge on any atom is 0.530 e. The quantitative estimate of drug-likeness (QED) is 0.0407. The van der Waals surface area contributed by atoms with Gasteiger partial charge in [-0.1, -0.05) is 94.3 Å². The van der Waals surface area contributed by atoms with Gasteiger partial charge < -0.3 is 46.8 Å². The Kier molecular flexibility index (Phi) is 20.8. The zero-order valence-corrected chi connectivity index (χ0v) is 34.2. The van der Waals surface area contributed by atoms with Crippen molar-refractivity contribution in [1.29, 1.82) is 0 Å². The van der Waals surface area contributed by atoms with E-state index in [1.54, 1.807) is 12.1 Å². The van der Waals surface area contributed by atoms with E-state index in [2.05, 4.69) is 32.9 Å². The van der Waals surface area contributed by atoms with Crippen LogP contribution in [0.25, 0.3) is 0 Å². The molecule has 300 valence electrons. The van der Waals surface area contributed by atoms with Crippen LogP contribution < -0.4 is 18.1 Å². The van der Waals surface area contributed by atoms with Crippen LogP contribution in [0.5, 0.6) is 23.0 Å². The Morgan fingerprint density at radius 1 is 0.473 bits per heavy atom. The Hall–Kier alpha value is -3.30. The molecular weight excluding hydrogens is 738 g/mol. The van der Waals surface area contributed by atoms with Crippen LogP contribution in [-0.4, -0.2) is 62.6 Å². The highest BCUT2D eigenvalue weighted by Gasteiger charge is 2.37. The van der Waals surface area contributed by atoms with E-state index in [9.17, 15) is 9.79 Å². The Bertz CT molecular complexity index is 1490. The molecule has 1 unspecified atom stereocenters. The van der Waals surface area contributed by atoms with Gasteiger partial charge in [-0.2, -0.15) is 0 Å². The standard InChI is InChI=1S/C43H58O10P2/c1-4-6-28-46-32-34-48-30-26-38(27-31-49-35-33-47-29-7-5-2)43(3,36-18-22-41(23-19-36)50-54(44)45)37-20-24-42(25-21-37)53-55(51-39-14-10-8-11-15-39)52-40-16-12-9-13-17-40/h8-25,38,44-45H,4-7,26-35H2,1-3H3. The zero-order valence-electron chi connectivity index (χ0n) is 32.4. The maximum absolute atomic E-state index is 9.48. The molecule has 0 fully saturated rings. The number of hydrogen-bond acceptors (Lipinski definition) is 10. The molecule has 0 amide bonds. The minimum atomic E-state index is -2.54. The van der Waals surface area contributed by atoms with Crippen molar-refractivity contribution in [2.75, 3.05) is 52.9 Å². The minimum absolute atomic E-state index is 0.0841. The molecule has 0 aromatic heterocycles. The normalized spacial score (nSPS) is 12.6. The topological polar surface area (TPSA) is 114 Å². The molecule has 0 aliphatic heterocycles. The number of unbranched alkanes of at least 4 members (excludes halogenated alkanes) is 2. The SMILES string of the molecule is CCCCOCCOCCC(CCOCCOCCCC)C(C)(c1ccc(OP(O)O)cc1)c1ccc(OP(Oc2ccccc2)Oc2ccccc2)cc1. The Morgan fingerprint density at radius 3 is 1.22 bits per heavy atom. The predicted molar refractivity (Wildman–Crippen MR) is 219 cm³/mol. The molecule has 0 aliphatic rings. The highest BCUT2D eigenvalue weighted by molar-refractivity contribution is 7.43. The van der Waals surface area contributed by atoms with Gasteiger partial charge in [-0.05, 0) is 91.3 Å². The van der Waals surface area contributed by atoms with Crippen LogP contribution in [0.1, 0.15) is 70.4 Å². The summed E-state index contributed by atoms with van der Waals surface area (Å²) in [5.41, 5.74) is 1.58. The van der Waals surface area contributed by atoms with Gasteiger partial charge in [0.1, 0.15) is 23.0 Å². The van der Waals surface area contributed by atoms with Crippen molar-refractivity contribution in [2.24, 2.45) is 5.92 Å². The second kappa shape index (κ2) is 25.8. The summed E-state index contributed by atoms with van der Waals surface area (Å²) in [7, 11) is -4.37. The molecule has 12 heteroatoms. The summed E-state index contributed by atoms with van der Waals surface area (Å²) < 4.78 is 47.6. The monoisotopic (exact) mass is 796 g/mol. The molecule has 0 radical (unpaired) electrons. The average molecular weight is 797 g/mol. The molecule has 4 rings (SSSR count). The van der Waals surface area contributed by atoms with Crippen LogP contribution in [0, 0.1) is 5.92 Å². The van der Waals surface area contributed by atoms with Crippen molar-refractivity contribution in [3.05, 3.63) is 120 Å². The molecule has 4 aromatic carbocycles. The summed E-state index contributed by atoms with van der Waals surface area (Å²) in [4.78, 5) is 19.0. The second-order valence-electron chi connectivity index (χ2n) is 13.1. The molecule has 10 nitrogen and oxygen atoms in total. The summed E-state index contributed by atoms with van der Waals surface area (Å²) in [5, 5.41) is 0. The predicted octanol–water partition coefficient (Wildman–Crippen LogP) is 10.4. The van der Waals surface area contributed by atoms with E-state index in [1.807, 2.05) is 84.9 Å². The number of para-hydroxylation sites is 2. The van der Waals surface area contributed by atoms with Gasteiger partial charge in [0.2, 0.25) is 0 Å². The van der Waals surface area contributed by atoms with E-state index >= 15 is 0 Å². The van der Waals surface area contributed by atoms with Crippen molar-refractivity contribution in [1.82, 2.24) is 0 Å². The molecule has 0 aliphatic carbocycles. The van der Waals surface area contributed by atoms with Gasteiger partial charge in [0, 0.05) is 31.8 Å². The largest absolute Gasteiger partial charge is 0.530 e. The summed E-state index contributed by atoms with van der Waals surface area (Å²) in [6.07, 6.45) is 5.80. The van der Waals surface area contributed by atoms with Crippen molar-refractivity contribution < 1.29 is 46.8 Å². The van der Waals surface area contributed by atoms with Gasteiger partial charge in [-0.15, -0.1) is 0 Å². The number of hydrogen-bond donors (Lipinski definition) is 2. The molecule has 1 atom stereocenters. The van der Waals surface area contributed by atoms with Crippen molar-refractivity contribution >= 4 is 17.2 Å². The van der Waals surface area contributed by atoms with E-state index in [-0.39, 0.29) is 5.92 Å². The van der Waals surface area contributed by atoms with Gasteiger partial charge in [-0.3, -0.25) is 0 Å². The maximum atomic E-state index is 9.48. The van der Waals surface area contributed by atoms with E-state index in [1.165, 1.54) is 0 Å². The number of ether oxygens (including phenoxy) is 4. The van der Waals surface area contributed by atoms with Gasteiger partial charge in [0.05, 0.1) is 26.4 Å². The van der Waals surface area contributed by atoms with Crippen LogP contribution in [-0.2, 0) is 24.4 Å². The molecule has 0 spiro atoms. The summed E-state index contributed by atoms with van der Waals surface area (Å²) >= 11 is 0. The molecule has 55 heavy (non-hydrogen) atoms. The zero-order chi connectivity index (χ0) is 39.0. The van der Waals surface area contributed by atoms with E-state index in [0.717, 1.165) is 62.9 Å². The minimum Gasteiger partial charge on any atom is -0.427 e. The van der Waals surface area contributed by atoms with Crippen molar-refractivity contribution in [3.8, 4) is 23.0 Å². The fraction of sp³-hybridized carbons (Fsp3) is 0.442. The summed E-state index contributed by atoms with van der Waals surface area (Å²) in [5.74, 6) is 2.35. The third-order valence-electron chi connectivity index (χ3n) is 9.19. The lowest BCUT2D eigenvalue weighted by Gasteiger charge is -2.39. The van der Waals surface area contributed by atoms with Crippen LogP contribution in [0.4, 0.5) is 0 Å². The van der Waals surface area contributed by atoms with Gasteiger partial charge in [-0.25, -0.2) is 0 Å².